The molecular weight excluding hydrogens is 340 g/mol. The van der Waals surface area contributed by atoms with Crippen LogP contribution >= 0.6 is 31.9 Å². The summed E-state index contributed by atoms with van der Waals surface area (Å²) in [4.78, 5) is 10.9. The molecule has 1 aromatic rings. The fourth-order valence-electron chi connectivity index (χ4n) is 1.24. The van der Waals surface area contributed by atoms with Crippen molar-refractivity contribution < 1.29 is 14.6 Å². The van der Waals surface area contributed by atoms with Crippen LogP contribution in [0.4, 0.5) is 0 Å². The highest BCUT2D eigenvalue weighted by Gasteiger charge is 2.11. The van der Waals surface area contributed by atoms with Gasteiger partial charge in [0.2, 0.25) is 0 Å². The van der Waals surface area contributed by atoms with Crippen molar-refractivity contribution in [2.75, 3.05) is 7.11 Å². The Morgan fingerprint density at radius 1 is 1.44 bits per heavy atom. The molecule has 0 fully saturated rings. The molecule has 1 aromatic carbocycles. The van der Waals surface area contributed by atoms with Gasteiger partial charge in [0.15, 0.2) is 0 Å². The van der Waals surface area contributed by atoms with Crippen LogP contribution < -0.4 is 0 Å². The highest BCUT2D eigenvalue weighted by atomic mass is 79.9. The Kier molecular flexibility index (Phi) is 5.44. The van der Waals surface area contributed by atoms with Crippen LogP contribution in [0.25, 0.3) is 0 Å². The van der Waals surface area contributed by atoms with Crippen LogP contribution in [0.5, 0.6) is 0 Å². The summed E-state index contributed by atoms with van der Waals surface area (Å²) in [6.45, 7) is 0. The fraction of sp³-hybridized carbons (Fsp3) is 0.364. The van der Waals surface area contributed by atoms with Crippen LogP contribution in [-0.2, 0) is 9.53 Å². The van der Waals surface area contributed by atoms with E-state index in [4.69, 9.17) is 0 Å². The van der Waals surface area contributed by atoms with Gasteiger partial charge in [-0.05, 0) is 56.0 Å². The molecule has 88 valence electrons. The highest BCUT2D eigenvalue weighted by molar-refractivity contribution is 9.13. The molecule has 0 radical (unpaired) electrons. The Morgan fingerprint density at radius 2 is 2.12 bits per heavy atom. The zero-order chi connectivity index (χ0) is 12.1. The van der Waals surface area contributed by atoms with Crippen LogP contribution in [0, 0.1) is 0 Å². The summed E-state index contributed by atoms with van der Waals surface area (Å²) in [6.07, 6.45) is -0.0740. The van der Waals surface area contributed by atoms with E-state index in [1.54, 1.807) is 0 Å². The van der Waals surface area contributed by atoms with Crippen molar-refractivity contribution in [2.24, 2.45) is 0 Å². The number of methoxy groups -OCH3 is 1. The molecule has 3 nitrogen and oxygen atoms in total. The van der Waals surface area contributed by atoms with Crippen molar-refractivity contribution in [1.29, 1.82) is 0 Å². The number of esters is 1. The second-order valence-electron chi connectivity index (χ2n) is 3.30. The second kappa shape index (κ2) is 6.37. The third kappa shape index (κ3) is 3.88. The molecule has 0 aliphatic heterocycles. The monoisotopic (exact) mass is 350 g/mol. The van der Waals surface area contributed by atoms with E-state index >= 15 is 0 Å². The van der Waals surface area contributed by atoms with Crippen LogP contribution in [0.2, 0.25) is 0 Å². The number of carbonyl (C=O) groups excluding carboxylic acids is 1. The van der Waals surface area contributed by atoms with Crippen molar-refractivity contribution in [2.45, 2.75) is 18.9 Å². The first-order valence-electron chi connectivity index (χ1n) is 4.74. The fourth-order valence-corrected chi connectivity index (χ4v) is 1.89. The summed E-state index contributed by atoms with van der Waals surface area (Å²) in [6, 6.07) is 5.49. The van der Waals surface area contributed by atoms with E-state index in [9.17, 15) is 9.90 Å². The van der Waals surface area contributed by atoms with E-state index in [1.165, 1.54) is 7.11 Å². The normalized spacial score (nSPS) is 12.2. The molecule has 0 heterocycles. The van der Waals surface area contributed by atoms with E-state index in [2.05, 4.69) is 36.6 Å². The van der Waals surface area contributed by atoms with Gasteiger partial charge in [-0.2, -0.15) is 0 Å². The molecule has 1 rings (SSSR count). The van der Waals surface area contributed by atoms with E-state index in [0.29, 0.717) is 6.42 Å². The third-order valence-electron chi connectivity index (χ3n) is 2.18. The SMILES string of the molecule is COC(=O)CCC(O)c1ccc(Br)c(Br)c1. The molecule has 0 aliphatic carbocycles. The van der Waals surface area contributed by atoms with E-state index in [1.807, 2.05) is 18.2 Å². The summed E-state index contributed by atoms with van der Waals surface area (Å²) in [7, 11) is 1.34. The molecule has 5 heteroatoms. The minimum Gasteiger partial charge on any atom is -0.469 e. The maximum atomic E-state index is 10.9. The van der Waals surface area contributed by atoms with Crippen molar-refractivity contribution >= 4 is 37.8 Å². The summed E-state index contributed by atoms with van der Waals surface area (Å²) in [5.74, 6) is -0.310. The molecule has 1 N–H and O–H groups in total. The van der Waals surface area contributed by atoms with E-state index in [0.717, 1.165) is 14.5 Å². The predicted octanol–water partition coefficient (Wildman–Crippen LogP) is 3.20. The number of ether oxygens (including phenoxy) is 1. The Labute approximate surface area is 111 Å². The highest BCUT2D eigenvalue weighted by Crippen LogP contribution is 2.28. The molecule has 16 heavy (non-hydrogen) atoms. The lowest BCUT2D eigenvalue weighted by atomic mass is 10.1. The lowest BCUT2D eigenvalue weighted by Gasteiger charge is -2.11. The van der Waals surface area contributed by atoms with Crippen molar-refractivity contribution in [3.05, 3.63) is 32.7 Å². The smallest absolute Gasteiger partial charge is 0.305 e. The standard InChI is InChI=1S/C11H12Br2O3/c1-16-11(15)5-4-10(14)7-2-3-8(12)9(13)6-7/h2-3,6,10,14H,4-5H2,1H3. The number of aliphatic hydroxyl groups is 1. The van der Waals surface area contributed by atoms with Gasteiger partial charge in [-0.15, -0.1) is 0 Å². The Morgan fingerprint density at radius 3 is 2.69 bits per heavy atom. The van der Waals surface area contributed by atoms with E-state index in [-0.39, 0.29) is 12.4 Å². The predicted molar refractivity (Wildman–Crippen MR) is 68.1 cm³/mol. The number of hydrogen-bond acceptors (Lipinski definition) is 3. The molecule has 0 amide bonds. The zero-order valence-electron chi connectivity index (χ0n) is 8.74. The minimum absolute atomic E-state index is 0.214. The zero-order valence-corrected chi connectivity index (χ0v) is 11.9. The van der Waals surface area contributed by atoms with Crippen LogP contribution in [-0.4, -0.2) is 18.2 Å². The van der Waals surface area contributed by atoms with Gasteiger partial charge in [0.05, 0.1) is 13.2 Å². The Bertz CT molecular complexity index is 379. The van der Waals surface area contributed by atoms with Gasteiger partial charge in [0.1, 0.15) is 0 Å². The molecule has 1 atom stereocenters. The summed E-state index contributed by atoms with van der Waals surface area (Å²) >= 11 is 6.71. The molecule has 0 saturated heterocycles. The van der Waals surface area contributed by atoms with Crippen molar-refractivity contribution in [3.8, 4) is 0 Å². The number of halogens is 2. The molecule has 0 spiro atoms. The topological polar surface area (TPSA) is 46.5 Å². The Hall–Kier alpha value is -0.390. The largest absolute Gasteiger partial charge is 0.469 e. The quantitative estimate of drug-likeness (QED) is 0.847. The van der Waals surface area contributed by atoms with Crippen LogP contribution in [0.15, 0.2) is 27.1 Å². The maximum absolute atomic E-state index is 10.9. The molecular formula is C11H12Br2O3. The summed E-state index contributed by atoms with van der Waals surface area (Å²) in [5, 5.41) is 9.84. The van der Waals surface area contributed by atoms with Crippen LogP contribution in [0.1, 0.15) is 24.5 Å². The first-order chi connectivity index (χ1) is 7.54. The first kappa shape index (κ1) is 13.7. The van der Waals surface area contributed by atoms with Gasteiger partial charge < -0.3 is 9.84 Å². The van der Waals surface area contributed by atoms with Crippen molar-refractivity contribution in [3.63, 3.8) is 0 Å². The molecule has 0 bridgehead atoms. The lowest BCUT2D eigenvalue weighted by Crippen LogP contribution is -2.04. The summed E-state index contributed by atoms with van der Waals surface area (Å²) in [5.41, 5.74) is 0.777. The van der Waals surface area contributed by atoms with E-state index < -0.39 is 6.10 Å². The van der Waals surface area contributed by atoms with Gasteiger partial charge in [0.25, 0.3) is 0 Å². The van der Waals surface area contributed by atoms with Gasteiger partial charge in [0, 0.05) is 15.4 Å². The molecule has 0 saturated carbocycles. The van der Waals surface area contributed by atoms with Crippen LogP contribution in [0.3, 0.4) is 0 Å². The number of rotatable bonds is 4. The van der Waals surface area contributed by atoms with Gasteiger partial charge in [-0.3, -0.25) is 4.79 Å². The van der Waals surface area contributed by atoms with Gasteiger partial charge in [-0.25, -0.2) is 0 Å². The maximum Gasteiger partial charge on any atom is 0.305 e. The van der Waals surface area contributed by atoms with Gasteiger partial charge >= 0.3 is 5.97 Å². The molecule has 0 aromatic heterocycles. The number of aliphatic hydroxyl groups excluding tert-OH is 1. The number of hydrogen-bond donors (Lipinski definition) is 1. The lowest BCUT2D eigenvalue weighted by molar-refractivity contribution is -0.141. The number of benzene rings is 1. The number of carbonyl (C=O) groups is 1. The molecule has 1 unspecified atom stereocenters. The minimum atomic E-state index is -0.650. The van der Waals surface area contributed by atoms with Gasteiger partial charge in [-0.1, -0.05) is 6.07 Å². The average molecular weight is 352 g/mol. The average Bonchev–Trinajstić information content (AvgIpc) is 2.29. The second-order valence-corrected chi connectivity index (χ2v) is 5.01. The molecule has 0 aliphatic rings. The first-order valence-corrected chi connectivity index (χ1v) is 6.33. The third-order valence-corrected chi connectivity index (χ3v) is 4.06. The van der Waals surface area contributed by atoms with Crippen molar-refractivity contribution in [1.82, 2.24) is 0 Å². The summed E-state index contributed by atoms with van der Waals surface area (Å²) < 4.78 is 6.32. The Balaban J connectivity index is 2.62.